The molecular weight excluding hydrogens is 350 g/mol. The molecule has 4 rings (SSSR count). The molecule has 1 saturated heterocycles. The van der Waals surface area contributed by atoms with Gasteiger partial charge < -0.3 is 15.3 Å². The van der Waals surface area contributed by atoms with Crippen LogP contribution >= 0.6 is 0 Å². The first kappa shape index (κ1) is 18.7. The Kier molecular flexibility index (Phi) is 5.99. The lowest BCUT2D eigenvalue weighted by Gasteiger charge is -2.22. The summed E-state index contributed by atoms with van der Waals surface area (Å²) in [6.07, 6.45) is 1.04. The number of hydrogen-bond acceptors (Lipinski definition) is 6. The van der Waals surface area contributed by atoms with Gasteiger partial charge in [-0.05, 0) is 30.7 Å². The summed E-state index contributed by atoms with van der Waals surface area (Å²) in [5.74, 6) is 1.65. The third kappa shape index (κ3) is 4.40. The van der Waals surface area contributed by atoms with Gasteiger partial charge in [0.15, 0.2) is 0 Å². The molecule has 0 bridgehead atoms. The summed E-state index contributed by atoms with van der Waals surface area (Å²) < 4.78 is 0. The largest absolute Gasteiger partial charge is 0.395 e. The normalized spacial score (nSPS) is 15.5. The molecule has 1 aromatic heterocycles. The molecule has 6 nitrogen and oxygen atoms in total. The molecule has 0 atom stereocenters. The molecule has 28 heavy (non-hydrogen) atoms. The minimum Gasteiger partial charge on any atom is -0.395 e. The van der Waals surface area contributed by atoms with Crippen LogP contribution in [0.2, 0.25) is 0 Å². The van der Waals surface area contributed by atoms with E-state index in [9.17, 15) is 5.11 Å². The molecular formula is C22H27N5O. The van der Waals surface area contributed by atoms with Gasteiger partial charge >= 0.3 is 0 Å². The monoisotopic (exact) mass is 377 g/mol. The molecule has 0 radical (unpaired) electrons. The number of anilines is 2. The number of benzene rings is 2. The second kappa shape index (κ2) is 8.99. The van der Waals surface area contributed by atoms with Gasteiger partial charge in [-0.1, -0.05) is 42.5 Å². The Morgan fingerprint density at radius 3 is 2.57 bits per heavy atom. The van der Waals surface area contributed by atoms with Crippen molar-refractivity contribution in [2.24, 2.45) is 0 Å². The standard InChI is InChI=1S/C22H27N5O/c28-16-15-26-11-6-12-27(14-13-26)22-24-20-10-5-4-9-19(20)21(25-22)23-17-18-7-2-1-3-8-18/h1-5,7-10,28H,6,11-17H2,(H,23,24,25). The summed E-state index contributed by atoms with van der Waals surface area (Å²) in [6.45, 7) is 5.39. The number of aromatic nitrogens is 2. The van der Waals surface area contributed by atoms with Crippen molar-refractivity contribution in [2.45, 2.75) is 13.0 Å². The first-order valence-electron chi connectivity index (χ1n) is 9.96. The van der Waals surface area contributed by atoms with Crippen LogP contribution in [-0.4, -0.2) is 59.3 Å². The van der Waals surface area contributed by atoms with Crippen LogP contribution in [0.4, 0.5) is 11.8 Å². The minimum atomic E-state index is 0.208. The number of para-hydroxylation sites is 1. The summed E-state index contributed by atoms with van der Waals surface area (Å²) in [5, 5.41) is 13.8. The number of aliphatic hydroxyl groups excluding tert-OH is 1. The molecule has 2 N–H and O–H groups in total. The molecule has 146 valence electrons. The number of nitrogens with zero attached hydrogens (tertiary/aromatic N) is 4. The highest BCUT2D eigenvalue weighted by Gasteiger charge is 2.18. The van der Waals surface area contributed by atoms with Crippen molar-refractivity contribution in [3.8, 4) is 0 Å². The smallest absolute Gasteiger partial charge is 0.227 e. The third-order valence-electron chi connectivity index (χ3n) is 5.18. The van der Waals surface area contributed by atoms with Gasteiger partial charge in [0.2, 0.25) is 5.95 Å². The van der Waals surface area contributed by atoms with Crippen molar-refractivity contribution in [1.82, 2.24) is 14.9 Å². The van der Waals surface area contributed by atoms with Crippen LogP contribution in [0.1, 0.15) is 12.0 Å². The molecule has 3 aromatic rings. The van der Waals surface area contributed by atoms with E-state index in [2.05, 4.69) is 45.4 Å². The van der Waals surface area contributed by atoms with E-state index in [1.165, 1.54) is 5.56 Å². The fourth-order valence-electron chi connectivity index (χ4n) is 3.66. The second-order valence-electron chi connectivity index (χ2n) is 7.13. The van der Waals surface area contributed by atoms with E-state index in [1.807, 2.05) is 24.3 Å². The maximum Gasteiger partial charge on any atom is 0.227 e. The van der Waals surface area contributed by atoms with E-state index in [-0.39, 0.29) is 6.61 Å². The summed E-state index contributed by atoms with van der Waals surface area (Å²) >= 11 is 0. The van der Waals surface area contributed by atoms with Crippen LogP contribution in [-0.2, 0) is 6.54 Å². The van der Waals surface area contributed by atoms with E-state index >= 15 is 0 Å². The zero-order valence-electron chi connectivity index (χ0n) is 16.1. The third-order valence-corrected chi connectivity index (χ3v) is 5.18. The maximum absolute atomic E-state index is 9.21. The number of rotatable bonds is 6. The Bertz CT molecular complexity index is 902. The molecule has 0 unspecified atom stereocenters. The van der Waals surface area contributed by atoms with Crippen LogP contribution in [0.25, 0.3) is 10.9 Å². The van der Waals surface area contributed by atoms with Crippen LogP contribution in [0, 0.1) is 0 Å². The Morgan fingerprint density at radius 2 is 1.71 bits per heavy atom. The Labute approximate surface area is 165 Å². The number of β-amino-alcohol motifs (C(OH)–C–C–N with tert-alkyl or cyclic N) is 1. The summed E-state index contributed by atoms with van der Waals surface area (Å²) in [6, 6.07) is 18.5. The minimum absolute atomic E-state index is 0.208. The lowest BCUT2D eigenvalue weighted by Crippen LogP contribution is -2.33. The SMILES string of the molecule is OCCN1CCCN(c2nc(NCc3ccccc3)c3ccccc3n2)CC1. The topological polar surface area (TPSA) is 64.5 Å². The summed E-state index contributed by atoms with van der Waals surface area (Å²) in [5.41, 5.74) is 2.18. The zero-order chi connectivity index (χ0) is 19.2. The first-order chi connectivity index (χ1) is 13.8. The summed E-state index contributed by atoms with van der Waals surface area (Å²) in [4.78, 5) is 14.3. The fourth-order valence-corrected chi connectivity index (χ4v) is 3.66. The highest BCUT2D eigenvalue weighted by atomic mass is 16.3. The van der Waals surface area contributed by atoms with E-state index in [0.29, 0.717) is 0 Å². The average Bonchev–Trinajstić information content (AvgIpc) is 2.98. The molecule has 0 aliphatic carbocycles. The number of fused-ring (bicyclic) bond motifs is 1. The highest BCUT2D eigenvalue weighted by molar-refractivity contribution is 5.90. The van der Waals surface area contributed by atoms with Gasteiger partial charge in [-0.15, -0.1) is 0 Å². The zero-order valence-corrected chi connectivity index (χ0v) is 16.1. The van der Waals surface area contributed by atoms with Crippen molar-refractivity contribution in [3.63, 3.8) is 0 Å². The quantitative estimate of drug-likeness (QED) is 0.689. The molecule has 6 heteroatoms. The maximum atomic E-state index is 9.21. The molecule has 2 aromatic carbocycles. The van der Waals surface area contributed by atoms with Crippen LogP contribution < -0.4 is 10.2 Å². The molecule has 1 aliphatic rings. The van der Waals surface area contributed by atoms with E-state index < -0.39 is 0 Å². The van der Waals surface area contributed by atoms with Gasteiger partial charge in [-0.2, -0.15) is 4.98 Å². The number of hydrogen-bond donors (Lipinski definition) is 2. The van der Waals surface area contributed by atoms with Gasteiger partial charge in [0.05, 0.1) is 12.1 Å². The lowest BCUT2D eigenvalue weighted by atomic mass is 10.2. The van der Waals surface area contributed by atoms with Crippen LogP contribution in [0.3, 0.4) is 0 Å². The molecule has 1 fully saturated rings. The van der Waals surface area contributed by atoms with Gasteiger partial charge in [-0.25, -0.2) is 4.98 Å². The first-order valence-corrected chi connectivity index (χ1v) is 9.96. The predicted molar refractivity (Wildman–Crippen MR) is 114 cm³/mol. The lowest BCUT2D eigenvalue weighted by molar-refractivity contribution is 0.204. The van der Waals surface area contributed by atoms with E-state index in [4.69, 9.17) is 9.97 Å². The van der Waals surface area contributed by atoms with Crippen molar-refractivity contribution in [2.75, 3.05) is 49.5 Å². The van der Waals surface area contributed by atoms with Gasteiger partial charge in [0, 0.05) is 38.1 Å². The Balaban J connectivity index is 1.58. The van der Waals surface area contributed by atoms with E-state index in [1.54, 1.807) is 0 Å². The van der Waals surface area contributed by atoms with Gasteiger partial charge in [-0.3, -0.25) is 4.90 Å². The highest BCUT2D eigenvalue weighted by Crippen LogP contribution is 2.24. The van der Waals surface area contributed by atoms with Crippen molar-refractivity contribution in [1.29, 1.82) is 0 Å². The Hall–Kier alpha value is -2.70. The second-order valence-corrected chi connectivity index (χ2v) is 7.13. The van der Waals surface area contributed by atoms with E-state index in [0.717, 1.165) is 68.4 Å². The molecule has 1 aliphatic heterocycles. The van der Waals surface area contributed by atoms with Gasteiger partial charge in [0.1, 0.15) is 5.82 Å². The fraction of sp³-hybridized carbons (Fsp3) is 0.364. The molecule has 2 heterocycles. The Morgan fingerprint density at radius 1 is 0.893 bits per heavy atom. The van der Waals surface area contributed by atoms with Crippen LogP contribution in [0.15, 0.2) is 54.6 Å². The number of nitrogens with one attached hydrogen (secondary N) is 1. The number of aliphatic hydroxyl groups is 1. The van der Waals surface area contributed by atoms with Crippen molar-refractivity contribution < 1.29 is 5.11 Å². The predicted octanol–water partition coefficient (Wildman–Crippen LogP) is 2.75. The summed E-state index contributed by atoms with van der Waals surface area (Å²) in [7, 11) is 0. The van der Waals surface area contributed by atoms with Crippen LogP contribution in [0.5, 0.6) is 0 Å². The van der Waals surface area contributed by atoms with Gasteiger partial charge in [0.25, 0.3) is 0 Å². The molecule has 0 saturated carbocycles. The molecule has 0 spiro atoms. The van der Waals surface area contributed by atoms with Crippen molar-refractivity contribution in [3.05, 3.63) is 60.2 Å². The molecule has 0 amide bonds. The van der Waals surface area contributed by atoms with Crippen molar-refractivity contribution >= 4 is 22.7 Å². The average molecular weight is 377 g/mol.